The lowest BCUT2D eigenvalue weighted by Crippen LogP contribution is -2.47. The maximum atomic E-state index is 13.1. The van der Waals surface area contributed by atoms with Crippen LogP contribution < -0.4 is 4.74 Å². The van der Waals surface area contributed by atoms with Gasteiger partial charge < -0.3 is 9.64 Å². The number of hydrogen-bond acceptors (Lipinski definition) is 8. The standard InChI is InChI=1S/C24H28N6O4/c1-28-22-18(13-25-28)23(32)27-20(26-22)14-30-12-9-19(24(30)33)29-10-7-16(8-11-29)21(31)15-3-5-17(34-2)6-4-15/h3-6,13,16,18-19H,7-12,14H2,1-2H3. The first-order chi connectivity index (χ1) is 16.4. The summed E-state index contributed by atoms with van der Waals surface area (Å²) in [6, 6.07) is 7.04. The van der Waals surface area contributed by atoms with Gasteiger partial charge in [0, 0.05) is 31.3 Å². The van der Waals surface area contributed by atoms with Crippen molar-refractivity contribution in [3.8, 4) is 5.75 Å². The number of benzene rings is 1. The molecule has 2 atom stereocenters. The fourth-order valence-corrected chi connectivity index (χ4v) is 5.09. The number of amidine groups is 2. The molecular formula is C24H28N6O4. The second kappa shape index (κ2) is 9.09. The Balaban J connectivity index is 1.16. The number of ketones is 1. The molecule has 10 heteroatoms. The zero-order chi connectivity index (χ0) is 23.8. The van der Waals surface area contributed by atoms with E-state index in [0.717, 1.165) is 25.0 Å². The molecule has 4 aliphatic heterocycles. The quantitative estimate of drug-likeness (QED) is 0.583. The average molecular weight is 465 g/mol. The molecule has 34 heavy (non-hydrogen) atoms. The van der Waals surface area contributed by atoms with Crippen LogP contribution in [0.2, 0.25) is 0 Å². The number of Topliss-reactive ketones (excluding diaryl/α,β-unsaturated/α-hetero) is 1. The van der Waals surface area contributed by atoms with Gasteiger partial charge in [0.2, 0.25) is 5.91 Å². The van der Waals surface area contributed by atoms with Crippen LogP contribution in [0.1, 0.15) is 29.6 Å². The van der Waals surface area contributed by atoms with Crippen molar-refractivity contribution in [2.45, 2.75) is 25.3 Å². The number of amides is 2. The molecule has 0 radical (unpaired) electrons. The molecule has 0 aliphatic carbocycles. The summed E-state index contributed by atoms with van der Waals surface area (Å²) in [5.74, 6) is 0.988. The van der Waals surface area contributed by atoms with Crippen molar-refractivity contribution in [2.75, 3.05) is 40.3 Å². The number of rotatable bonds is 6. The van der Waals surface area contributed by atoms with Crippen LogP contribution in [0.4, 0.5) is 0 Å². The van der Waals surface area contributed by atoms with Crippen molar-refractivity contribution in [1.82, 2.24) is 14.8 Å². The molecule has 4 aliphatic rings. The highest BCUT2D eigenvalue weighted by Crippen LogP contribution is 2.27. The molecule has 178 valence electrons. The van der Waals surface area contributed by atoms with Crippen LogP contribution in [-0.4, -0.2) is 96.7 Å². The third-order valence-corrected chi connectivity index (χ3v) is 7.06. The number of hydrazone groups is 1. The fourth-order valence-electron chi connectivity index (χ4n) is 5.09. The molecule has 2 unspecified atom stereocenters. The predicted molar refractivity (Wildman–Crippen MR) is 126 cm³/mol. The van der Waals surface area contributed by atoms with E-state index in [1.54, 1.807) is 42.4 Å². The minimum Gasteiger partial charge on any atom is -0.497 e. The number of hydrogen-bond donors (Lipinski definition) is 0. The number of likely N-dealkylation sites (tertiary alicyclic amines) is 2. The van der Waals surface area contributed by atoms with Crippen LogP contribution in [0.3, 0.4) is 0 Å². The topological polar surface area (TPSA) is 107 Å². The molecule has 0 saturated carbocycles. The van der Waals surface area contributed by atoms with Gasteiger partial charge in [-0.05, 0) is 56.6 Å². The SMILES string of the molecule is COc1ccc(C(=O)C2CCN(C3CCN(CC4=NC(=O)C5C=NN(C)C5=N4)C3=O)CC2)cc1. The van der Waals surface area contributed by atoms with E-state index in [1.807, 2.05) is 12.1 Å². The average Bonchev–Trinajstić information content (AvgIpc) is 3.41. The van der Waals surface area contributed by atoms with Gasteiger partial charge in [-0.2, -0.15) is 10.1 Å². The van der Waals surface area contributed by atoms with Crippen molar-refractivity contribution in [3.63, 3.8) is 0 Å². The highest BCUT2D eigenvalue weighted by molar-refractivity contribution is 6.24. The lowest BCUT2D eigenvalue weighted by Gasteiger charge is -2.34. The zero-order valence-corrected chi connectivity index (χ0v) is 19.4. The minimum absolute atomic E-state index is 0.0331. The van der Waals surface area contributed by atoms with Gasteiger partial charge in [0.25, 0.3) is 5.91 Å². The second-order valence-corrected chi connectivity index (χ2v) is 9.07. The van der Waals surface area contributed by atoms with Crippen molar-refractivity contribution >= 4 is 35.5 Å². The van der Waals surface area contributed by atoms with Gasteiger partial charge in [-0.1, -0.05) is 0 Å². The van der Waals surface area contributed by atoms with Crippen molar-refractivity contribution in [1.29, 1.82) is 0 Å². The van der Waals surface area contributed by atoms with Gasteiger partial charge in [0.1, 0.15) is 17.5 Å². The fraction of sp³-hybridized carbons (Fsp3) is 0.500. The Bertz CT molecular complexity index is 1090. The van der Waals surface area contributed by atoms with Gasteiger partial charge >= 0.3 is 0 Å². The summed E-state index contributed by atoms with van der Waals surface area (Å²) in [6.45, 7) is 2.24. The minimum atomic E-state index is -0.516. The van der Waals surface area contributed by atoms with Crippen molar-refractivity contribution in [3.05, 3.63) is 29.8 Å². The van der Waals surface area contributed by atoms with E-state index in [9.17, 15) is 14.4 Å². The van der Waals surface area contributed by atoms with Crippen molar-refractivity contribution in [2.24, 2.45) is 26.9 Å². The number of methoxy groups -OCH3 is 1. The van der Waals surface area contributed by atoms with E-state index < -0.39 is 5.92 Å². The van der Waals surface area contributed by atoms with Crippen LogP contribution in [-0.2, 0) is 9.59 Å². The number of carbonyl (C=O) groups is 3. The maximum absolute atomic E-state index is 13.1. The van der Waals surface area contributed by atoms with Crippen LogP contribution in [0.5, 0.6) is 5.75 Å². The first-order valence-corrected chi connectivity index (χ1v) is 11.6. The van der Waals surface area contributed by atoms with E-state index in [0.29, 0.717) is 36.9 Å². The predicted octanol–water partition coefficient (Wildman–Crippen LogP) is 1.08. The molecular weight excluding hydrogens is 436 g/mol. The van der Waals surface area contributed by atoms with Gasteiger partial charge in [0.05, 0.1) is 19.7 Å². The molecule has 10 nitrogen and oxygen atoms in total. The first kappa shape index (κ1) is 22.4. The number of carbonyl (C=O) groups excluding carboxylic acids is 3. The third-order valence-electron chi connectivity index (χ3n) is 7.06. The van der Waals surface area contributed by atoms with Gasteiger partial charge in [-0.25, -0.2) is 4.99 Å². The summed E-state index contributed by atoms with van der Waals surface area (Å²) in [4.78, 5) is 50.8. The molecule has 2 amide bonds. The highest BCUT2D eigenvalue weighted by atomic mass is 16.5. The smallest absolute Gasteiger partial charge is 0.263 e. The van der Waals surface area contributed by atoms with Gasteiger partial charge in [0.15, 0.2) is 11.6 Å². The summed E-state index contributed by atoms with van der Waals surface area (Å²) in [5, 5.41) is 5.67. The molecule has 0 N–H and O–H groups in total. The molecule has 5 rings (SSSR count). The Morgan fingerprint density at radius 2 is 1.79 bits per heavy atom. The Labute approximate surface area is 198 Å². The molecule has 0 spiro atoms. The Morgan fingerprint density at radius 3 is 2.50 bits per heavy atom. The number of piperidine rings is 1. The summed E-state index contributed by atoms with van der Waals surface area (Å²) >= 11 is 0. The maximum Gasteiger partial charge on any atom is 0.263 e. The van der Waals surface area contributed by atoms with E-state index in [-0.39, 0.29) is 36.1 Å². The number of fused-ring (bicyclic) bond motifs is 1. The lowest BCUT2D eigenvalue weighted by atomic mass is 9.88. The number of aliphatic imine (C=N–C) groups is 2. The van der Waals surface area contributed by atoms with E-state index >= 15 is 0 Å². The first-order valence-electron chi connectivity index (χ1n) is 11.6. The van der Waals surface area contributed by atoms with E-state index in [1.165, 1.54) is 0 Å². The normalized spacial score (nSPS) is 25.5. The van der Waals surface area contributed by atoms with Crippen LogP contribution in [0.15, 0.2) is 39.4 Å². The van der Waals surface area contributed by atoms with Gasteiger partial charge in [-0.3, -0.25) is 24.3 Å². The largest absolute Gasteiger partial charge is 0.497 e. The van der Waals surface area contributed by atoms with Gasteiger partial charge in [-0.15, -0.1) is 0 Å². The summed E-state index contributed by atoms with van der Waals surface area (Å²) in [6.07, 6.45) is 3.73. The van der Waals surface area contributed by atoms with Crippen LogP contribution >= 0.6 is 0 Å². The molecule has 2 saturated heterocycles. The number of nitrogens with zero attached hydrogens (tertiary/aromatic N) is 6. The summed E-state index contributed by atoms with van der Waals surface area (Å²) in [7, 11) is 3.35. The lowest BCUT2D eigenvalue weighted by molar-refractivity contribution is -0.132. The summed E-state index contributed by atoms with van der Waals surface area (Å²) < 4.78 is 5.17. The Kier molecular flexibility index (Phi) is 5.99. The molecule has 0 aromatic heterocycles. The monoisotopic (exact) mass is 464 g/mol. The van der Waals surface area contributed by atoms with E-state index in [2.05, 4.69) is 20.0 Å². The summed E-state index contributed by atoms with van der Waals surface area (Å²) in [5.41, 5.74) is 0.701. The van der Waals surface area contributed by atoms with Crippen molar-refractivity contribution < 1.29 is 19.1 Å². The second-order valence-electron chi connectivity index (χ2n) is 9.07. The van der Waals surface area contributed by atoms with Crippen LogP contribution in [0, 0.1) is 11.8 Å². The molecule has 1 aromatic carbocycles. The van der Waals surface area contributed by atoms with Crippen LogP contribution in [0.25, 0.3) is 0 Å². The number of ether oxygens (including phenoxy) is 1. The molecule has 4 heterocycles. The Morgan fingerprint density at radius 1 is 1.06 bits per heavy atom. The molecule has 1 aromatic rings. The zero-order valence-electron chi connectivity index (χ0n) is 19.4. The Hall–Kier alpha value is -3.40. The highest BCUT2D eigenvalue weighted by Gasteiger charge is 2.40. The third kappa shape index (κ3) is 4.13. The van der Waals surface area contributed by atoms with E-state index in [4.69, 9.17) is 4.74 Å². The molecule has 0 bridgehead atoms. The molecule has 2 fully saturated rings.